The summed E-state index contributed by atoms with van der Waals surface area (Å²) in [6.07, 6.45) is 1.16. The summed E-state index contributed by atoms with van der Waals surface area (Å²) in [5, 5.41) is 12.2. The first-order valence-corrected chi connectivity index (χ1v) is 6.32. The second-order valence-electron chi connectivity index (χ2n) is 5.01. The summed E-state index contributed by atoms with van der Waals surface area (Å²) in [4.78, 5) is 13.3. The lowest BCUT2D eigenvalue weighted by molar-refractivity contribution is -0.140. The molecule has 2 unspecified atom stereocenters. The van der Waals surface area contributed by atoms with Gasteiger partial charge in [-0.3, -0.25) is 9.69 Å². The highest BCUT2D eigenvalue weighted by Crippen LogP contribution is 2.06. The van der Waals surface area contributed by atoms with Gasteiger partial charge >= 0.3 is 5.97 Å². The first kappa shape index (κ1) is 14.4. The molecule has 1 aliphatic heterocycles. The van der Waals surface area contributed by atoms with Crippen LogP contribution < -0.4 is 5.32 Å². The molecule has 100 valence electrons. The molecule has 1 aliphatic rings. The molecule has 0 saturated carbocycles. The highest BCUT2D eigenvalue weighted by Gasteiger charge is 2.23. The normalized spacial score (nSPS) is 24.6. The van der Waals surface area contributed by atoms with Crippen molar-refractivity contribution >= 4 is 5.97 Å². The molecule has 0 bridgehead atoms. The van der Waals surface area contributed by atoms with Gasteiger partial charge in [-0.05, 0) is 13.3 Å². The molecule has 1 heterocycles. The fraction of sp³-hybridized carbons (Fsp3) is 0.917. The Morgan fingerprint density at radius 1 is 1.59 bits per heavy atom. The zero-order valence-corrected chi connectivity index (χ0v) is 11.0. The first-order chi connectivity index (χ1) is 7.99. The quantitative estimate of drug-likeness (QED) is 0.739. The maximum absolute atomic E-state index is 11.2. The van der Waals surface area contributed by atoms with Crippen LogP contribution in [0.5, 0.6) is 0 Å². The van der Waals surface area contributed by atoms with Gasteiger partial charge < -0.3 is 15.2 Å². The molecule has 0 aromatic rings. The maximum atomic E-state index is 11.2. The van der Waals surface area contributed by atoms with Crippen molar-refractivity contribution in [1.29, 1.82) is 0 Å². The van der Waals surface area contributed by atoms with Gasteiger partial charge in [-0.25, -0.2) is 0 Å². The van der Waals surface area contributed by atoms with Crippen molar-refractivity contribution in [3.05, 3.63) is 0 Å². The van der Waals surface area contributed by atoms with Crippen LogP contribution in [0.1, 0.15) is 27.2 Å². The minimum Gasteiger partial charge on any atom is -0.480 e. The molecule has 2 N–H and O–H groups in total. The van der Waals surface area contributed by atoms with Crippen LogP contribution in [0.3, 0.4) is 0 Å². The van der Waals surface area contributed by atoms with Crippen molar-refractivity contribution in [2.75, 3.05) is 26.2 Å². The molecule has 17 heavy (non-hydrogen) atoms. The highest BCUT2D eigenvalue weighted by atomic mass is 16.5. The number of carboxylic acids is 1. The van der Waals surface area contributed by atoms with E-state index >= 15 is 0 Å². The van der Waals surface area contributed by atoms with E-state index in [0.717, 1.165) is 26.1 Å². The summed E-state index contributed by atoms with van der Waals surface area (Å²) in [5.41, 5.74) is 0. The predicted octanol–water partition coefficient (Wildman–Crippen LogP) is 0.548. The van der Waals surface area contributed by atoms with E-state index in [9.17, 15) is 4.79 Å². The van der Waals surface area contributed by atoms with Gasteiger partial charge in [-0.15, -0.1) is 0 Å². The third-order valence-electron chi connectivity index (χ3n) is 2.81. The first-order valence-electron chi connectivity index (χ1n) is 6.32. The Balaban J connectivity index is 2.49. The minimum absolute atomic E-state index is 0.178. The molecule has 0 aromatic heterocycles. The number of hydrogen-bond acceptors (Lipinski definition) is 4. The average Bonchev–Trinajstić information content (AvgIpc) is 2.41. The van der Waals surface area contributed by atoms with Crippen LogP contribution in [-0.4, -0.2) is 60.4 Å². The summed E-state index contributed by atoms with van der Waals surface area (Å²) in [5.74, 6) is -0.781. The number of nitrogens with one attached hydrogen (secondary N) is 1. The van der Waals surface area contributed by atoms with Gasteiger partial charge in [0, 0.05) is 32.3 Å². The van der Waals surface area contributed by atoms with Crippen molar-refractivity contribution in [3.63, 3.8) is 0 Å². The van der Waals surface area contributed by atoms with Crippen molar-refractivity contribution in [1.82, 2.24) is 10.2 Å². The van der Waals surface area contributed by atoms with Crippen LogP contribution in [-0.2, 0) is 9.53 Å². The monoisotopic (exact) mass is 244 g/mol. The smallest absolute Gasteiger partial charge is 0.322 e. The van der Waals surface area contributed by atoms with Gasteiger partial charge in [0.2, 0.25) is 0 Å². The van der Waals surface area contributed by atoms with E-state index in [2.05, 4.69) is 10.2 Å². The van der Waals surface area contributed by atoms with Crippen molar-refractivity contribution < 1.29 is 14.6 Å². The Hall–Kier alpha value is -0.650. The molecule has 2 atom stereocenters. The van der Waals surface area contributed by atoms with Crippen LogP contribution in [0.15, 0.2) is 0 Å². The Kier molecular flexibility index (Phi) is 5.88. The minimum atomic E-state index is -0.781. The third-order valence-corrected chi connectivity index (χ3v) is 2.81. The van der Waals surface area contributed by atoms with E-state index in [1.54, 1.807) is 0 Å². The maximum Gasteiger partial charge on any atom is 0.322 e. The van der Waals surface area contributed by atoms with E-state index in [1.807, 2.05) is 20.8 Å². The molecular formula is C12H24N2O3. The molecule has 1 saturated heterocycles. The largest absolute Gasteiger partial charge is 0.480 e. The van der Waals surface area contributed by atoms with E-state index in [-0.39, 0.29) is 12.1 Å². The number of carbonyl (C=O) groups is 1. The zero-order valence-electron chi connectivity index (χ0n) is 11.0. The predicted molar refractivity (Wildman–Crippen MR) is 66.2 cm³/mol. The third kappa shape index (κ3) is 5.48. The lowest BCUT2D eigenvalue weighted by atomic mass is 10.2. The molecule has 0 aliphatic carbocycles. The number of aliphatic carboxylic acids is 1. The lowest BCUT2D eigenvalue weighted by Gasteiger charge is -2.26. The molecule has 0 spiro atoms. The number of ether oxygens (including phenoxy) is 1. The van der Waals surface area contributed by atoms with Crippen LogP contribution in [0, 0.1) is 0 Å². The fourth-order valence-corrected chi connectivity index (χ4v) is 2.11. The fourth-order valence-electron chi connectivity index (χ4n) is 2.11. The topological polar surface area (TPSA) is 61.8 Å². The average molecular weight is 244 g/mol. The Labute approximate surface area is 103 Å². The summed E-state index contributed by atoms with van der Waals surface area (Å²) in [6, 6.07) is -0.322. The van der Waals surface area contributed by atoms with Crippen molar-refractivity contribution in [3.8, 4) is 0 Å². The lowest BCUT2D eigenvalue weighted by Crippen LogP contribution is -2.49. The molecule has 0 amide bonds. The Morgan fingerprint density at radius 2 is 2.29 bits per heavy atom. The SMILES string of the molecule is CC(C)NC(CN1CCCOC(C)C1)C(=O)O. The van der Waals surface area contributed by atoms with E-state index in [1.165, 1.54) is 0 Å². The van der Waals surface area contributed by atoms with Crippen LogP contribution in [0.2, 0.25) is 0 Å². The van der Waals surface area contributed by atoms with Gasteiger partial charge in [-0.2, -0.15) is 0 Å². The molecule has 5 nitrogen and oxygen atoms in total. The molecular weight excluding hydrogens is 220 g/mol. The molecule has 5 heteroatoms. The number of carboxylic acid groups (broad SMARTS) is 1. The van der Waals surface area contributed by atoms with Crippen molar-refractivity contribution in [2.45, 2.75) is 45.4 Å². The Morgan fingerprint density at radius 3 is 2.88 bits per heavy atom. The van der Waals surface area contributed by atoms with E-state index in [4.69, 9.17) is 9.84 Å². The Bertz CT molecular complexity index is 246. The summed E-state index contributed by atoms with van der Waals surface area (Å²) in [7, 11) is 0. The van der Waals surface area contributed by atoms with Gasteiger partial charge in [0.1, 0.15) is 6.04 Å². The molecule has 1 rings (SSSR count). The highest BCUT2D eigenvalue weighted by molar-refractivity contribution is 5.73. The van der Waals surface area contributed by atoms with Crippen LogP contribution >= 0.6 is 0 Å². The van der Waals surface area contributed by atoms with Crippen LogP contribution in [0.25, 0.3) is 0 Å². The summed E-state index contributed by atoms with van der Waals surface area (Å²) < 4.78 is 5.55. The van der Waals surface area contributed by atoms with E-state index < -0.39 is 12.0 Å². The number of rotatable bonds is 5. The molecule has 1 fully saturated rings. The van der Waals surface area contributed by atoms with E-state index in [0.29, 0.717) is 6.54 Å². The standard InChI is InChI=1S/C12H24N2O3/c1-9(2)13-11(12(15)16)8-14-5-4-6-17-10(3)7-14/h9-11,13H,4-8H2,1-3H3,(H,15,16). The second kappa shape index (κ2) is 6.93. The van der Waals surface area contributed by atoms with Gasteiger partial charge in [-0.1, -0.05) is 13.8 Å². The van der Waals surface area contributed by atoms with Gasteiger partial charge in [0.25, 0.3) is 0 Å². The second-order valence-corrected chi connectivity index (χ2v) is 5.01. The molecule has 0 radical (unpaired) electrons. The van der Waals surface area contributed by atoms with Crippen LogP contribution in [0.4, 0.5) is 0 Å². The molecule has 0 aromatic carbocycles. The number of nitrogens with zero attached hydrogens (tertiary/aromatic N) is 1. The summed E-state index contributed by atoms with van der Waals surface area (Å²) >= 11 is 0. The van der Waals surface area contributed by atoms with Gasteiger partial charge in [0.15, 0.2) is 0 Å². The van der Waals surface area contributed by atoms with Crippen molar-refractivity contribution in [2.24, 2.45) is 0 Å². The zero-order chi connectivity index (χ0) is 12.8. The van der Waals surface area contributed by atoms with Gasteiger partial charge in [0.05, 0.1) is 6.10 Å². The number of hydrogen-bond donors (Lipinski definition) is 2. The summed E-state index contributed by atoms with van der Waals surface area (Å²) in [6.45, 7) is 8.99.